The van der Waals surface area contributed by atoms with Gasteiger partial charge in [0.15, 0.2) is 0 Å². The van der Waals surface area contributed by atoms with Crippen LogP contribution in [0.25, 0.3) is 0 Å². The molecule has 2 bridgehead atoms. The van der Waals surface area contributed by atoms with Gasteiger partial charge in [-0.1, -0.05) is 13.8 Å². The van der Waals surface area contributed by atoms with Crippen LogP contribution in [-0.4, -0.2) is 34.3 Å². The van der Waals surface area contributed by atoms with E-state index in [0.717, 1.165) is 19.3 Å². The van der Waals surface area contributed by atoms with Crippen molar-refractivity contribution in [1.29, 1.82) is 0 Å². The van der Waals surface area contributed by atoms with Gasteiger partial charge in [0.25, 0.3) is 0 Å². The fourth-order valence-corrected chi connectivity index (χ4v) is 3.61. The fraction of sp³-hybridized carbons (Fsp3) is 0.812. The van der Waals surface area contributed by atoms with Crippen LogP contribution in [-0.2, 0) is 14.4 Å². The summed E-state index contributed by atoms with van der Waals surface area (Å²) in [5, 5.41) is 8.80. The normalized spacial score (nSPS) is 26.5. The summed E-state index contributed by atoms with van der Waals surface area (Å²) in [6, 6.07) is 0. The summed E-state index contributed by atoms with van der Waals surface area (Å²) in [4.78, 5) is 36.7. The summed E-state index contributed by atoms with van der Waals surface area (Å²) < 4.78 is 0. The number of piperidine rings is 1. The SMILES string of the molecule is CC(C)C(CCC(=O)O)CCN1C(=O)C2CCC(C2)C1=O. The molecule has 1 saturated carbocycles. The van der Waals surface area contributed by atoms with E-state index in [0.29, 0.717) is 25.3 Å². The number of aliphatic carboxylic acids is 1. The average Bonchev–Trinajstić information content (AvgIpc) is 2.86. The Hall–Kier alpha value is -1.39. The van der Waals surface area contributed by atoms with Gasteiger partial charge in [0, 0.05) is 24.8 Å². The second kappa shape index (κ2) is 6.58. The molecule has 118 valence electrons. The molecule has 1 saturated heterocycles. The summed E-state index contributed by atoms with van der Waals surface area (Å²) >= 11 is 0. The summed E-state index contributed by atoms with van der Waals surface area (Å²) in [6.45, 7) is 4.58. The largest absolute Gasteiger partial charge is 0.481 e. The minimum Gasteiger partial charge on any atom is -0.481 e. The minimum absolute atomic E-state index is 0.00510. The van der Waals surface area contributed by atoms with Crippen molar-refractivity contribution in [2.45, 2.75) is 52.4 Å². The predicted molar refractivity (Wildman–Crippen MR) is 77.4 cm³/mol. The van der Waals surface area contributed by atoms with E-state index in [2.05, 4.69) is 13.8 Å². The van der Waals surface area contributed by atoms with E-state index < -0.39 is 5.97 Å². The van der Waals surface area contributed by atoms with Gasteiger partial charge in [-0.2, -0.15) is 0 Å². The van der Waals surface area contributed by atoms with E-state index in [-0.39, 0.29) is 36.0 Å². The monoisotopic (exact) mass is 295 g/mol. The lowest BCUT2D eigenvalue weighted by molar-refractivity contribution is -0.153. The number of fused-ring (bicyclic) bond motifs is 2. The lowest BCUT2D eigenvalue weighted by Crippen LogP contribution is -2.47. The number of likely N-dealkylation sites (tertiary alicyclic amines) is 1. The first-order valence-electron chi connectivity index (χ1n) is 7.97. The zero-order valence-electron chi connectivity index (χ0n) is 12.9. The molecule has 0 spiro atoms. The minimum atomic E-state index is -0.788. The molecule has 0 aromatic carbocycles. The van der Waals surface area contributed by atoms with Crippen LogP contribution >= 0.6 is 0 Å². The van der Waals surface area contributed by atoms with Crippen molar-refractivity contribution in [3.8, 4) is 0 Å². The molecule has 0 aromatic rings. The van der Waals surface area contributed by atoms with Crippen LogP contribution in [0.15, 0.2) is 0 Å². The third-order valence-electron chi connectivity index (χ3n) is 5.06. The fourth-order valence-electron chi connectivity index (χ4n) is 3.61. The highest BCUT2D eigenvalue weighted by molar-refractivity contribution is 6.00. The van der Waals surface area contributed by atoms with Crippen LogP contribution in [0, 0.1) is 23.7 Å². The summed E-state index contributed by atoms with van der Waals surface area (Å²) in [6.07, 6.45) is 3.89. The Morgan fingerprint density at radius 3 is 2.24 bits per heavy atom. The van der Waals surface area contributed by atoms with E-state index >= 15 is 0 Å². The number of rotatable bonds is 7. The Balaban J connectivity index is 1.92. The van der Waals surface area contributed by atoms with Crippen molar-refractivity contribution in [3.05, 3.63) is 0 Å². The Kier molecular flexibility index (Phi) is 5.01. The zero-order chi connectivity index (χ0) is 15.6. The Labute approximate surface area is 125 Å². The summed E-state index contributed by atoms with van der Waals surface area (Å²) in [7, 11) is 0. The second-order valence-electron chi connectivity index (χ2n) is 6.76. The van der Waals surface area contributed by atoms with Gasteiger partial charge in [0.1, 0.15) is 0 Å². The van der Waals surface area contributed by atoms with Crippen LogP contribution in [0.5, 0.6) is 0 Å². The van der Waals surface area contributed by atoms with E-state index in [1.165, 1.54) is 4.90 Å². The van der Waals surface area contributed by atoms with Gasteiger partial charge < -0.3 is 5.11 Å². The first-order chi connectivity index (χ1) is 9.90. The highest BCUT2D eigenvalue weighted by Crippen LogP contribution is 2.38. The molecule has 1 aliphatic carbocycles. The number of carboxylic acids is 1. The number of carbonyl (C=O) groups is 3. The van der Waals surface area contributed by atoms with Crippen molar-refractivity contribution in [2.75, 3.05) is 6.54 Å². The maximum absolute atomic E-state index is 12.3. The molecule has 5 nitrogen and oxygen atoms in total. The molecule has 3 unspecified atom stereocenters. The standard InChI is InChI=1S/C16H25NO4/c1-10(2)11(5-6-14(18)19)7-8-17-15(20)12-3-4-13(9-12)16(17)21/h10-13H,3-9H2,1-2H3,(H,18,19). The molecular weight excluding hydrogens is 270 g/mol. The number of amides is 2. The van der Waals surface area contributed by atoms with Crippen molar-refractivity contribution < 1.29 is 19.5 Å². The second-order valence-corrected chi connectivity index (χ2v) is 6.76. The molecule has 1 heterocycles. The predicted octanol–water partition coefficient (Wildman–Crippen LogP) is 2.30. The number of carbonyl (C=O) groups excluding carboxylic acids is 2. The number of hydrogen-bond acceptors (Lipinski definition) is 3. The van der Waals surface area contributed by atoms with Crippen molar-refractivity contribution in [1.82, 2.24) is 4.90 Å². The summed E-state index contributed by atoms with van der Waals surface area (Å²) in [5.74, 6) is -0.112. The molecular formula is C16H25NO4. The quantitative estimate of drug-likeness (QED) is 0.731. The maximum atomic E-state index is 12.3. The maximum Gasteiger partial charge on any atom is 0.303 e. The number of nitrogens with zero attached hydrogens (tertiary/aromatic N) is 1. The Bertz CT molecular complexity index is 410. The van der Waals surface area contributed by atoms with E-state index in [4.69, 9.17) is 5.11 Å². The van der Waals surface area contributed by atoms with Crippen molar-refractivity contribution in [3.63, 3.8) is 0 Å². The van der Waals surface area contributed by atoms with Crippen LogP contribution in [0.2, 0.25) is 0 Å². The first kappa shape index (κ1) is 16.0. The van der Waals surface area contributed by atoms with Gasteiger partial charge in [-0.05, 0) is 43.9 Å². The molecule has 0 radical (unpaired) electrons. The number of hydrogen-bond donors (Lipinski definition) is 1. The highest BCUT2D eigenvalue weighted by Gasteiger charge is 2.45. The first-order valence-corrected chi connectivity index (χ1v) is 7.97. The van der Waals surface area contributed by atoms with Crippen LogP contribution in [0.4, 0.5) is 0 Å². The third-order valence-corrected chi connectivity index (χ3v) is 5.06. The molecule has 2 amide bonds. The van der Waals surface area contributed by atoms with Gasteiger partial charge in [-0.15, -0.1) is 0 Å². The van der Waals surface area contributed by atoms with E-state index in [1.54, 1.807) is 0 Å². The smallest absolute Gasteiger partial charge is 0.303 e. The van der Waals surface area contributed by atoms with E-state index in [1.807, 2.05) is 0 Å². The lowest BCUT2D eigenvalue weighted by Gasteiger charge is -2.31. The lowest BCUT2D eigenvalue weighted by atomic mass is 9.87. The molecule has 21 heavy (non-hydrogen) atoms. The molecule has 1 N–H and O–H groups in total. The van der Waals surface area contributed by atoms with Crippen LogP contribution in [0.3, 0.4) is 0 Å². The number of carboxylic acid groups (broad SMARTS) is 1. The molecule has 3 atom stereocenters. The average molecular weight is 295 g/mol. The van der Waals surface area contributed by atoms with Gasteiger partial charge in [-0.25, -0.2) is 0 Å². The van der Waals surface area contributed by atoms with Crippen molar-refractivity contribution >= 4 is 17.8 Å². The molecule has 2 aliphatic rings. The molecule has 5 heteroatoms. The number of imide groups is 1. The Morgan fingerprint density at radius 1 is 1.19 bits per heavy atom. The zero-order valence-corrected chi connectivity index (χ0v) is 12.9. The van der Waals surface area contributed by atoms with Crippen LogP contribution in [0.1, 0.15) is 52.4 Å². The topological polar surface area (TPSA) is 74.7 Å². The Morgan fingerprint density at radius 2 is 1.76 bits per heavy atom. The molecule has 0 aromatic heterocycles. The summed E-state index contributed by atoms with van der Waals surface area (Å²) in [5.41, 5.74) is 0. The molecule has 2 fully saturated rings. The van der Waals surface area contributed by atoms with Gasteiger partial charge in [0.05, 0.1) is 0 Å². The van der Waals surface area contributed by atoms with E-state index in [9.17, 15) is 14.4 Å². The van der Waals surface area contributed by atoms with Gasteiger partial charge in [0.2, 0.25) is 11.8 Å². The van der Waals surface area contributed by atoms with Gasteiger partial charge >= 0.3 is 5.97 Å². The molecule has 1 aliphatic heterocycles. The molecule has 2 rings (SSSR count). The van der Waals surface area contributed by atoms with Crippen molar-refractivity contribution in [2.24, 2.45) is 23.7 Å². The third kappa shape index (κ3) is 3.63. The van der Waals surface area contributed by atoms with Crippen LogP contribution < -0.4 is 0 Å². The van der Waals surface area contributed by atoms with Gasteiger partial charge in [-0.3, -0.25) is 19.3 Å². The highest BCUT2D eigenvalue weighted by atomic mass is 16.4.